The molecule has 0 saturated heterocycles. The number of rotatable bonds is 0. The van der Waals surface area contributed by atoms with E-state index in [4.69, 9.17) is 11.5 Å². The average molecular weight is 209 g/mol. The van der Waals surface area contributed by atoms with E-state index in [1.165, 1.54) is 0 Å². The first-order valence-electron chi connectivity index (χ1n) is 3.24. The molecule has 0 saturated carbocycles. The lowest BCUT2D eigenvalue weighted by atomic mass is 10.1. The van der Waals surface area contributed by atoms with Crippen LogP contribution in [-0.4, -0.2) is 0 Å². The molecule has 0 aliphatic heterocycles. The molecular weight excluding hydrogens is 195 g/mol. The molecule has 70 valence electrons. The summed E-state index contributed by atoms with van der Waals surface area (Å²) in [4.78, 5) is 0. The van der Waals surface area contributed by atoms with Crippen LogP contribution in [0.15, 0.2) is 12.1 Å². The number of nitrogen functional groups attached to an aromatic ring is 2. The van der Waals surface area contributed by atoms with Crippen LogP contribution in [0.1, 0.15) is 11.1 Å². The zero-order chi connectivity index (χ0) is 7.72. The van der Waals surface area contributed by atoms with Crippen LogP contribution in [-0.2, 0) is 0 Å². The van der Waals surface area contributed by atoms with Crippen LogP contribution in [0, 0.1) is 13.8 Å². The fraction of sp³-hybridized carbons (Fsp3) is 0.250. The standard InChI is InChI=1S/C8H12N2.2ClH/c1-5-3-4-7(9)6(2)8(5)10;;/h3-4H,9-10H2,1-2H3;2*1H. The molecule has 1 aromatic rings. The normalized spacial score (nSPS) is 8.17. The Morgan fingerprint density at radius 3 is 1.92 bits per heavy atom. The van der Waals surface area contributed by atoms with Gasteiger partial charge in [-0.05, 0) is 31.0 Å². The van der Waals surface area contributed by atoms with E-state index in [0.717, 1.165) is 22.5 Å². The van der Waals surface area contributed by atoms with Crippen molar-refractivity contribution in [2.45, 2.75) is 13.8 Å². The molecule has 0 amide bonds. The third-order valence-electron chi connectivity index (χ3n) is 1.77. The van der Waals surface area contributed by atoms with Gasteiger partial charge in [0.25, 0.3) is 0 Å². The summed E-state index contributed by atoms with van der Waals surface area (Å²) in [6.45, 7) is 3.90. The molecule has 4 N–H and O–H groups in total. The van der Waals surface area contributed by atoms with Crippen LogP contribution in [0.2, 0.25) is 0 Å². The molecule has 4 heteroatoms. The topological polar surface area (TPSA) is 52.0 Å². The highest BCUT2D eigenvalue weighted by molar-refractivity contribution is 5.85. The minimum Gasteiger partial charge on any atom is -0.398 e. The molecule has 0 aliphatic rings. The minimum atomic E-state index is 0. The van der Waals surface area contributed by atoms with Crippen LogP contribution >= 0.6 is 24.8 Å². The van der Waals surface area contributed by atoms with Gasteiger partial charge in [0.1, 0.15) is 0 Å². The molecule has 0 spiro atoms. The zero-order valence-electron chi connectivity index (χ0n) is 7.13. The first-order valence-corrected chi connectivity index (χ1v) is 3.24. The van der Waals surface area contributed by atoms with E-state index < -0.39 is 0 Å². The van der Waals surface area contributed by atoms with Crippen molar-refractivity contribution in [3.05, 3.63) is 23.3 Å². The summed E-state index contributed by atoms with van der Waals surface area (Å²) < 4.78 is 0. The lowest BCUT2D eigenvalue weighted by Crippen LogP contribution is -1.97. The van der Waals surface area contributed by atoms with Crippen molar-refractivity contribution in [3.63, 3.8) is 0 Å². The molecule has 2 nitrogen and oxygen atoms in total. The molecule has 0 aliphatic carbocycles. The average Bonchev–Trinajstić information content (AvgIpc) is 1.93. The molecule has 1 aromatic carbocycles. The van der Waals surface area contributed by atoms with Gasteiger partial charge in [-0.3, -0.25) is 0 Å². The monoisotopic (exact) mass is 208 g/mol. The predicted octanol–water partition coefficient (Wildman–Crippen LogP) is 2.31. The van der Waals surface area contributed by atoms with Crippen molar-refractivity contribution in [1.82, 2.24) is 0 Å². The van der Waals surface area contributed by atoms with Crippen LogP contribution < -0.4 is 11.5 Å². The van der Waals surface area contributed by atoms with Crippen molar-refractivity contribution >= 4 is 36.2 Å². The number of aryl methyl sites for hydroxylation is 1. The van der Waals surface area contributed by atoms with Gasteiger partial charge >= 0.3 is 0 Å². The molecule has 0 radical (unpaired) electrons. The maximum atomic E-state index is 5.70. The SMILES string of the molecule is Cc1ccc(N)c(C)c1N.Cl.Cl. The first kappa shape index (κ1) is 14.0. The molecule has 0 fully saturated rings. The Labute approximate surface area is 85.1 Å². The maximum absolute atomic E-state index is 5.70. The Morgan fingerprint density at radius 2 is 1.50 bits per heavy atom. The van der Waals surface area contributed by atoms with E-state index in [-0.39, 0.29) is 24.8 Å². The van der Waals surface area contributed by atoms with Gasteiger partial charge in [0.05, 0.1) is 0 Å². The Hall–Kier alpha value is -0.600. The number of hydrogen-bond acceptors (Lipinski definition) is 2. The summed E-state index contributed by atoms with van der Waals surface area (Å²) >= 11 is 0. The first-order chi connectivity index (χ1) is 4.63. The van der Waals surface area contributed by atoms with E-state index in [0.29, 0.717) is 0 Å². The van der Waals surface area contributed by atoms with Crippen LogP contribution in [0.3, 0.4) is 0 Å². The fourth-order valence-corrected chi connectivity index (χ4v) is 0.881. The summed E-state index contributed by atoms with van der Waals surface area (Å²) in [7, 11) is 0. The van der Waals surface area contributed by atoms with Gasteiger partial charge in [-0.15, -0.1) is 24.8 Å². The van der Waals surface area contributed by atoms with Crippen molar-refractivity contribution < 1.29 is 0 Å². The van der Waals surface area contributed by atoms with Crippen molar-refractivity contribution in [2.24, 2.45) is 0 Å². The van der Waals surface area contributed by atoms with Crippen molar-refractivity contribution in [3.8, 4) is 0 Å². The lowest BCUT2D eigenvalue weighted by molar-refractivity contribution is 1.39. The summed E-state index contributed by atoms with van der Waals surface area (Å²) in [5.41, 5.74) is 15.0. The molecule has 1 rings (SSSR count). The van der Waals surface area contributed by atoms with Crippen molar-refractivity contribution in [2.75, 3.05) is 11.5 Å². The molecule has 0 aromatic heterocycles. The van der Waals surface area contributed by atoms with Gasteiger partial charge in [0.15, 0.2) is 0 Å². The second kappa shape index (κ2) is 5.12. The minimum absolute atomic E-state index is 0. The highest BCUT2D eigenvalue weighted by atomic mass is 35.5. The Morgan fingerprint density at radius 1 is 1.00 bits per heavy atom. The van der Waals surface area contributed by atoms with Crippen LogP contribution in [0.25, 0.3) is 0 Å². The quantitative estimate of drug-likeness (QED) is 0.644. The second-order valence-corrected chi connectivity index (χ2v) is 2.51. The van der Waals surface area contributed by atoms with Gasteiger partial charge in [0.2, 0.25) is 0 Å². The lowest BCUT2D eigenvalue weighted by Gasteiger charge is -2.05. The summed E-state index contributed by atoms with van der Waals surface area (Å²) in [5.74, 6) is 0. The van der Waals surface area contributed by atoms with Gasteiger partial charge in [-0.2, -0.15) is 0 Å². The second-order valence-electron chi connectivity index (χ2n) is 2.51. The molecular formula is C8H14Cl2N2. The smallest absolute Gasteiger partial charge is 0.0394 e. The molecule has 0 atom stereocenters. The molecule has 0 bridgehead atoms. The largest absolute Gasteiger partial charge is 0.398 e. The van der Waals surface area contributed by atoms with Crippen LogP contribution in [0.5, 0.6) is 0 Å². The predicted molar refractivity (Wildman–Crippen MR) is 59.2 cm³/mol. The van der Waals surface area contributed by atoms with Gasteiger partial charge < -0.3 is 11.5 Å². The summed E-state index contributed by atoms with van der Waals surface area (Å²) in [6, 6.07) is 3.80. The summed E-state index contributed by atoms with van der Waals surface area (Å²) in [5, 5.41) is 0. The maximum Gasteiger partial charge on any atom is 0.0394 e. The highest BCUT2D eigenvalue weighted by Crippen LogP contribution is 2.21. The van der Waals surface area contributed by atoms with Gasteiger partial charge in [0, 0.05) is 11.4 Å². The molecule has 0 heterocycles. The number of benzene rings is 1. The number of anilines is 2. The Bertz CT molecular complexity index is 234. The zero-order valence-corrected chi connectivity index (χ0v) is 8.76. The van der Waals surface area contributed by atoms with E-state index in [9.17, 15) is 0 Å². The highest BCUT2D eigenvalue weighted by Gasteiger charge is 1.99. The Kier molecular flexibility index (Phi) is 5.95. The summed E-state index contributed by atoms with van der Waals surface area (Å²) in [6.07, 6.45) is 0. The van der Waals surface area contributed by atoms with Crippen LogP contribution in [0.4, 0.5) is 11.4 Å². The van der Waals surface area contributed by atoms with Crippen molar-refractivity contribution in [1.29, 1.82) is 0 Å². The fourth-order valence-electron chi connectivity index (χ4n) is 0.881. The third kappa shape index (κ3) is 2.47. The molecule has 12 heavy (non-hydrogen) atoms. The number of hydrogen-bond donors (Lipinski definition) is 2. The number of nitrogens with two attached hydrogens (primary N) is 2. The number of halogens is 2. The van der Waals surface area contributed by atoms with Gasteiger partial charge in [-0.1, -0.05) is 6.07 Å². The van der Waals surface area contributed by atoms with E-state index in [1.807, 2.05) is 26.0 Å². The van der Waals surface area contributed by atoms with Gasteiger partial charge in [-0.25, -0.2) is 0 Å². The van der Waals surface area contributed by atoms with E-state index in [2.05, 4.69) is 0 Å². The third-order valence-corrected chi connectivity index (χ3v) is 1.77. The Balaban J connectivity index is 0. The van der Waals surface area contributed by atoms with E-state index in [1.54, 1.807) is 0 Å². The van der Waals surface area contributed by atoms with E-state index >= 15 is 0 Å². The molecule has 0 unspecified atom stereocenters.